The topological polar surface area (TPSA) is 71.3 Å². The van der Waals surface area contributed by atoms with Crippen molar-refractivity contribution in [1.82, 2.24) is 5.32 Å². The van der Waals surface area contributed by atoms with Gasteiger partial charge in [-0.2, -0.15) is 5.26 Å². The van der Waals surface area contributed by atoms with Crippen molar-refractivity contribution < 1.29 is 14.3 Å². The van der Waals surface area contributed by atoms with Crippen LogP contribution in [0.3, 0.4) is 0 Å². The molecule has 0 aliphatic carbocycles. The van der Waals surface area contributed by atoms with Gasteiger partial charge in [0.25, 0.3) is 5.91 Å². The molecule has 7 heteroatoms. The summed E-state index contributed by atoms with van der Waals surface area (Å²) in [5.74, 6) is 0.539. The van der Waals surface area contributed by atoms with Gasteiger partial charge in [0, 0.05) is 5.02 Å². The van der Waals surface area contributed by atoms with Gasteiger partial charge in [0.2, 0.25) is 0 Å². The van der Waals surface area contributed by atoms with Crippen molar-refractivity contribution in [2.75, 3.05) is 7.11 Å². The molecule has 0 aromatic heterocycles. The summed E-state index contributed by atoms with van der Waals surface area (Å²) >= 11 is 9.43. The Hall–Kier alpha value is -3.27. The fraction of sp³-hybridized carbons (Fsp3) is 0.154. The standard InChI is InChI=1S/C26H22BrClN2O3/c1-17(20-6-4-3-5-7-20)30-26(31)21(15-29)12-19-13-23(27)25(24(14-19)32-2)33-16-18-8-10-22(28)11-9-18/h3-14,17H,16H2,1-2H3,(H,30,31)/b21-12-/t17-/m1/s1. The highest BCUT2D eigenvalue weighted by molar-refractivity contribution is 9.10. The number of halogens is 2. The summed E-state index contributed by atoms with van der Waals surface area (Å²) in [6, 6.07) is 22.2. The van der Waals surface area contributed by atoms with E-state index in [1.54, 1.807) is 24.3 Å². The van der Waals surface area contributed by atoms with Crippen LogP contribution in [-0.2, 0) is 11.4 Å². The highest BCUT2D eigenvalue weighted by Gasteiger charge is 2.16. The number of nitriles is 1. The van der Waals surface area contributed by atoms with Crippen LogP contribution in [0.5, 0.6) is 11.5 Å². The summed E-state index contributed by atoms with van der Waals surface area (Å²) < 4.78 is 12.1. The van der Waals surface area contributed by atoms with Crippen molar-refractivity contribution in [3.05, 3.63) is 98.5 Å². The fourth-order valence-corrected chi connectivity index (χ4v) is 3.81. The van der Waals surface area contributed by atoms with Gasteiger partial charge >= 0.3 is 0 Å². The predicted molar refractivity (Wildman–Crippen MR) is 133 cm³/mol. The smallest absolute Gasteiger partial charge is 0.262 e. The third-order valence-electron chi connectivity index (χ3n) is 4.87. The van der Waals surface area contributed by atoms with Crippen LogP contribution >= 0.6 is 27.5 Å². The quantitative estimate of drug-likeness (QED) is 0.270. The van der Waals surface area contributed by atoms with Gasteiger partial charge in [-0.1, -0.05) is 54.1 Å². The molecular weight excluding hydrogens is 504 g/mol. The van der Waals surface area contributed by atoms with Gasteiger partial charge in [0.05, 0.1) is 17.6 Å². The van der Waals surface area contributed by atoms with Gasteiger partial charge < -0.3 is 14.8 Å². The Labute approximate surface area is 206 Å². The molecular formula is C26H22BrClN2O3. The fourth-order valence-electron chi connectivity index (χ4n) is 3.11. The van der Waals surface area contributed by atoms with Gasteiger partial charge in [-0.15, -0.1) is 0 Å². The van der Waals surface area contributed by atoms with Crippen molar-refractivity contribution in [1.29, 1.82) is 5.26 Å². The number of nitrogens with zero attached hydrogens (tertiary/aromatic N) is 1. The van der Waals surface area contributed by atoms with E-state index in [4.69, 9.17) is 21.1 Å². The second kappa shape index (κ2) is 11.6. The molecule has 0 saturated heterocycles. The summed E-state index contributed by atoms with van der Waals surface area (Å²) in [6.07, 6.45) is 1.52. The maximum Gasteiger partial charge on any atom is 0.262 e. The number of hydrogen-bond donors (Lipinski definition) is 1. The van der Waals surface area contributed by atoms with E-state index < -0.39 is 5.91 Å². The molecule has 0 unspecified atom stereocenters. The van der Waals surface area contributed by atoms with E-state index in [0.29, 0.717) is 33.2 Å². The number of carbonyl (C=O) groups is 1. The number of amides is 1. The normalized spacial score (nSPS) is 11.9. The Balaban J connectivity index is 1.78. The first-order valence-electron chi connectivity index (χ1n) is 10.1. The van der Waals surface area contributed by atoms with E-state index in [1.165, 1.54) is 13.2 Å². The van der Waals surface area contributed by atoms with E-state index in [1.807, 2.05) is 55.5 Å². The molecule has 0 saturated carbocycles. The highest BCUT2D eigenvalue weighted by atomic mass is 79.9. The lowest BCUT2D eigenvalue weighted by Gasteiger charge is -2.15. The Morgan fingerprint density at radius 1 is 1.18 bits per heavy atom. The van der Waals surface area contributed by atoms with Crippen LogP contribution in [0, 0.1) is 11.3 Å². The Morgan fingerprint density at radius 2 is 1.88 bits per heavy atom. The van der Waals surface area contributed by atoms with E-state index in [9.17, 15) is 10.1 Å². The van der Waals surface area contributed by atoms with Crippen LogP contribution in [0.1, 0.15) is 29.7 Å². The molecule has 0 bridgehead atoms. The maximum absolute atomic E-state index is 12.7. The zero-order chi connectivity index (χ0) is 23.8. The average Bonchev–Trinajstić information content (AvgIpc) is 2.83. The highest BCUT2D eigenvalue weighted by Crippen LogP contribution is 2.38. The summed E-state index contributed by atoms with van der Waals surface area (Å²) in [4.78, 5) is 12.7. The summed E-state index contributed by atoms with van der Waals surface area (Å²) in [5.41, 5.74) is 2.52. The van der Waals surface area contributed by atoms with Gasteiger partial charge in [-0.3, -0.25) is 4.79 Å². The van der Waals surface area contributed by atoms with Gasteiger partial charge in [-0.05, 0) is 69.9 Å². The van der Waals surface area contributed by atoms with E-state index in [2.05, 4.69) is 21.2 Å². The van der Waals surface area contributed by atoms with Crippen LogP contribution in [0.2, 0.25) is 5.02 Å². The molecule has 3 rings (SSSR count). The molecule has 0 aliphatic heterocycles. The van der Waals surface area contributed by atoms with Crippen LogP contribution in [0.15, 0.2) is 76.8 Å². The van der Waals surface area contributed by atoms with Crippen molar-refractivity contribution in [3.8, 4) is 17.6 Å². The molecule has 168 valence electrons. The molecule has 1 amide bonds. The number of hydrogen-bond acceptors (Lipinski definition) is 4. The first kappa shape index (κ1) is 24.4. The van der Waals surface area contributed by atoms with E-state index in [0.717, 1.165) is 11.1 Å². The molecule has 33 heavy (non-hydrogen) atoms. The van der Waals surface area contributed by atoms with Crippen molar-refractivity contribution in [2.24, 2.45) is 0 Å². The predicted octanol–water partition coefficient (Wildman–Crippen LogP) is 6.47. The first-order chi connectivity index (χ1) is 15.9. The molecule has 5 nitrogen and oxygen atoms in total. The number of ether oxygens (including phenoxy) is 2. The maximum atomic E-state index is 12.7. The molecule has 3 aromatic rings. The monoisotopic (exact) mass is 524 g/mol. The summed E-state index contributed by atoms with van der Waals surface area (Å²) in [6.45, 7) is 2.19. The second-order valence-corrected chi connectivity index (χ2v) is 8.52. The molecule has 0 heterocycles. The third kappa shape index (κ3) is 6.61. The minimum Gasteiger partial charge on any atom is -0.493 e. The largest absolute Gasteiger partial charge is 0.493 e. The van der Waals surface area contributed by atoms with Gasteiger partial charge in [0.1, 0.15) is 18.2 Å². The van der Waals surface area contributed by atoms with Crippen LogP contribution in [0.25, 0.3) is 6.08 Å². The van der Waals surface area contributed by atoms with Crippen molar-refractivity contribution in [3.63, 3.8) is 0 Å². The lowest BCUT2D eigenvalue weighted by molar-refractivity contribution is -0.117. The zero-order valence-electron chi connectivity index (χ0n) is 18.1. The average molecular weight is 526 g/mol. The second-order valence-electron chi connectivity index (χ2n) is 7.22. The SMILES string of the molecule is COc1cc(/C=C(/C#N)C(=O)N[C@H](C)c2ccccc2)cc(Br)c1OCc1ccc(Cl)cc1. The molecule has 0 fully saturated rings. The lowest BCUT2D eigenvalue weighted by Crippen LogP contribution is -2.27. The number of methoxy groups -OCH3 is 1. The minimum atomic E-state index is -0.452. The third-order valence-corrected chi connectivity index (χ3v) is 5.71. The Bertz CT molecular complexity index is 1190. The van der Waals surface area contributed by atoms with Crippen LogP contribution in [-0.4, -0.2) is 13.0 Å². The van der Waals surface area contributed by atoms with Gasteiger partial charge in [-0.25, -0.2) is 0 Å². The molecule has 1 atom stereocenters. The first-order valence-corrected chi connectivity index (χ1v) is 11.3. The van der Waals surface area contributed by atoms with Crippen LogP contribution < -0.4 is 14.8 Å². The summed E-state index contributed by atoms with van der Waals surface area (Å²) in [5, 5.41) is 13.1. The Kier molecular flexibility index (Phi) is 8.53. The molecule has 3 aromatic carbocycles. The van der Waals surface area contributed by atoms with Crippen molar-refractivity contribution >= 4 is 39.5 Å². The zero-order valence-corrected chi connectivity index (χ0v) is 20.5. The number of carbonyl (C=O) groups excluding carboxylic acids is 1. The van der Waals surface area contributed by atoms with Crippen molar-refractivity contribution in [2.45, 2.75) is 19.6 Å². The van der Waals surface area contributed by atoms with E-state index in [-0.39, 0.29) is 11.6 Å². The minimum absolute atomic E-state index is 0.0124. The number of rotatable bonds is 8. The molecule has 0 spiro atoms. The number of nitrogens with one attached hydrogen (secondary N) is 1. The van der Waals surface area contributed by atoms with E-state index >= 15 is 0 Å². The van der Waals surface area contributed by atoms with Crippen LogP contribution in [0.4, 0.5) is 0 Å². The van der Waals surface area contributed by atoms with Gasteiger partial charge in [0.15, 0.2) is 11.5 Å². The molecule has 0 radical (unpaired) electrons. The summed E-state index contributed by atoms with van der Waals surface area (Å²) in [7, 11) is 1.53. The number of benzene rings is 3. The Morgan fingerprint density at radius 3 is 2.52 bits per heavy atom. The lowest BCUT2D eigenvalue weighted by atomic mass is 10.1. The molecule has 1 N–H and O–H groups in total. The molecule has 0 aliphatic rings.